The molecule has 0 aliphatic heterocycles. The van der Waals surface area contributed by atoms with Crippen LogP contribution < -0.4 is 4.89 Å². The predicted octanol–water partition coefficient (Wildman–Crippen LogP) is 3.62. The van der Waals surface area contributed by atoms with Gasteiger partial charge in [-0.25, -0.2) is 9.68 Å². The SMILES string of the molecule is CCC(CC)(C(=O)O)C(=O)OOc1ccc(Cl)c2cccnc12. The highest BCUT2D eigenvalue weighted by Gasteiger charge is 2.46. The van der Waals surface area contributed by atoms with Gasteiger partial charge < -0.3 is 5.11 Å². The lowest BCUT2D eigenvalue weighted by molar-refractivity contribution is -0.227. The standard InChI is InChI=1S/C16H16ClNO5/c1-3-16(4-2,14(19)20)15(21)23-22-12-8-7-11(17)10-6-5-9-18-13(10)12/h5-9H,3-4H2,1-2H3,(H,19,20). The summed E-state index contributed by atoms with van der Waals surface area (Å²) in [5, 5.41) is 10.4. The smallest absolute Gasteiger partial charge is 0.372 e. The van der Waals surface area contributed by atoms with E-state index in [4.69, 9.17) is 21.4 Å². The van der Waals surface area contributed by atoms with E-state index in [1.807, 2.05) is 0 Å². The molecule has 0 radical (unpaired) electrons. The molecule has 1 aromatic heterocycles. The molecule has 23 heavy (non-hydrogen) atoms. The number of aliphatic carboxylic acids is 1. The number of benzene rings is 1. The van der Waals surface area contributed by atoms with Crippen molar-refractivity contribution in [3.63, 3.8) is 0 Å². The van der Waals surface area contributed by atoms with Crippen LogP contribution in [0.2, 0.25) is 5.02 Å². The molecule has 1 N–H and O–H groups in total. The highest BCUT2D eigenvalue weighted by molar-refractivity contribution is 6.35. The fourth-order valence-electron chi connectivity index (χ4n) is 2.27. The summed E-state index contributed by atoms with van der Waals surface area (Å²) < 4.78 is 0. The number of carboxylic acid groups (broad SMARTS) is 1. The minimum absolute atomic E-state index is 0.0979. The maximum Gasteiger partial charge on any atom is 0.372 e. The molecule has 0 aliphatic carbocycles. The van der Waals surface area contributed by atoms with Gasteiger partial charge in [0.05, 0.1) is 5.02 Å². The normalized spacial score (nSPS) is 11.3. The summed E-state index contributed by atoms with van der Waals surface area (Å²) in [6.07, 6.45) is 1.74. The molecule has 0 saturated heterocycles. The Morgan fingerprint density at radius 1 is 1.26 bits per heavy atom. The lowest BCUT2D eigenvalue weighted by Crippen LogP contribution is -2.40. The van der Waals surface area contributed by atoms with Crippen LogP contribution in [0.25, 0.3) is 10.9 Å². The van der Waals surface area contributed by atoms with Crippen molar-refractivity contribution in [3.8, 4) is 5.75 Å². The van der Waals surface area contributed by atoms with Crippen molar-refractivity contribution in [1.82, 2.24) is 4.98 Å². The second kappa shape index (κ2) is 6.83. The summed E-state index contributed by atoms with van der Waals surface area (Å²) in [6.45, 7) is 3.22. The summed E-state index contributed by atoms with van der Waals surface area (Å²) in [7, 11) is 0. The zero-order valence-corrected chi connectivity index (χ0v) is 13.5. The lowest BCUT2D eigenvalue weighted by Gasteiger charge is -2.22. The first-order valence-electron chi connectivity index (χ1n) is 7.11. The van der Waals surface area contributed by atoms with Crippen molar-refractivity contribution in [3.05, 3.63) is 35.5 Å². The molecular weight excluding hydrogens is 322 g/mol. The third kappa shape index (κ3) is 3.07. The lowest BCUT2D eigenvalue weighted by atomic mass is 9.83. The predicted molar refractivity (Wildman–Crippen MR) is 84.1 cm³/mol. The van der Waals surface area contributed by atoms with Crippen molar-refractivity contribution in [1.29, 1.82) is 0 Å². The third-order valence-corrected chi connectivity index (χ3v) is 4.22. The Morgan fingerprint density at radius 3 is 2.57 bits per heavy atom. The Morgan fingerprint density at radius 2 is 1.96 bits per heavy atom. The number of pyridine rings is 1. The minimum Gasteiger partial charge on any atom is -0.480 e. The van der Waals surface area contributed by atoms with Crippen LogP contribution in [0.3, 0.4) is 0 Å². The van der Waals surface area contributed by atoms with E-state index in [0.29, 0.717) is 15.9 Å². The van der Waals surface area contributed by atoms with Crippen LogP contribution in [0, 0.1) is 5.41 Å². The molecule has 2 rings (SSSR count). The van der Waals surface area contributed by atoms with Gasteiger partial charge >= 0.3 is 11.9 Å². The highest BCUT2D eigenvalue weighted by atomic mass is 35.5. The first-order valence-corrected chi connectivity index (χ1v) is 7.49. The first kappa shape index (κ1) is 17.0. The van der Waals surface area contributed by atoms with Crippen molar-refractivity contribution < 1.29 is 24.5 Å². The minimum atomic E-state index is -1.63. The molecule has 2 aromatic rings. The van der Waals surface area contributed by atoms with Crippen LogP contribution in [0.5, 0.6) is 5.75 Å². The monoisotopic (exact) mass is 337 g/mol. The Labute approximate surface area is 137 Å². The maximum atomic E-state index is 12.2. The Hall–Kier alpha value is -2.34. The summed E-state index contributed by atoms with van der Waals surface area (Å²) >= 11 is 6.07. The number of rotatable bonds is 6. The number of aromatic nitrogens is 1. The van der Waals surface area contributed by atoms with E-state index in [2.05, 4.69) is 4.98 Å². The first-order chi connectivity index (χ1) is 11.0. The average molecular weight is 338 g/mol. The third-order valence-electron chi connectivity index (χ3n) is 3.89. The molecule has 0 amide bonds. The molecule has 6 nitrogen and oxygen atoms in total. The largest absolute Gasteiger partial charge is 0.480 e. The van der Waals surface area contributed by atoms with Crippen molar-refractivity contribution in [2.45, 2.75) is 26.7 Å². The van der Waals surface area contributed by atoms with Gasteiger partial charge in [0.1, 0.15) is 5.52 Å². The van der Waals surface area contributed by atoms with E-state index in [1.165, 1.54) is 6.07 Å². The van der Waals surface area contributed by atoms with E-state index < -0.39 is 17.4 Å². The number of hydrogen-bond acceptors (Lipinski definition) is 5. The van der Waals surface area contributed by atoms with Gasteiger partial charge in [0.15, 0.2) is 5.41 Å². The molecule has 1 heterocycles. The molecule has 1 aromatic carbocycles. The summed E-state index contributed by atoms with van der Waals surface area (Å²) in [4.78, 5) is 37.6. The molecule has 0 bridgehead atoms. The van der Waals surface area contributed by atoms with Gasteiger partial charge in [-0.15, -0.1) is 0 Å². The van der Waals surface area contributed by atoms with E-state index in [0.717, 1.165) is 0 Å². The van der Waals surface area contributed by atoms with Gasteiger partial charge in [0.25, 0.3) is 0 Å². The Kier molecular flexibility index (Phi) is 5.05. The Bertz CT molecular complexity index is 742. The van der Waals surface area contributed by atoms with Crippen molar-refractivity contribution >= 4 is 34.4 Å². The second-order valence-electron chi connectivity index (χ2n) is 4.99. The van der Waals surface area contributed by atoms with E-state index in [9.17, 15) is 14.7 Å². The molecule has 0 aliphatic rings. The molecular formula is C16H16ClNO5. The van der Waals surface area contributed by atoms with Crippen molar-refractivity contribution in [2.24, 2.45) is 5.41 Å². The van der Waals surface area contributed by atoms with Gasteiger partial charge in [-0.1, -0.05) is 25.4 Å². The second-order valence-corrected chi connectivity index (χ2v) is 5.40. The summed E-state index contributed by atoms with van der Waals surface area (Å²) in [6, 6.07) is 6.55. The van der Waals surface area contributed by atoms with Crippen LogP contribution in [-0.2, 0) is 14.5 Å². The molecule has 0 unspecified atom stereocenters. The number of carbonyl (C=O) groups is 2. The fourth-order valence-corrected chi connectivity index (χ4v) is 2.49. The quantitative estimate of drug-likeness (QED) is 0.492. The zero-order chi connectivity index (χ0) is 17.0. The number of halogens is 1. The number of carbonyl (C=O) groups excluding carboxylic acids is 1. The number of fused-ring (bicyclic) bond motifs is 1. The van der Waals surface area contributed by atoms with Crippen LogP contribution in [0.1, 0.15) is 26.7 Å². The maximum absolute atomic E-state index is 12.2. The van der Waals surface area contributed by atoms with Crippen LogP contribution in [-0.4, -0.2) is 22.0 Å². The van der Waals surface area contributed by atoms with Crippen LogP contribution >= 0.6 is 11.6 Å². The van der Waals surface area contributed by atoms with E-state index >= 15 is 0 Å². The highest BCUT2D eigenvalue weighted by Crippen LogP contribution is 2.32. The van der Waals surface area contributed by atoms with Crippen LogP contribution in [0.4, 0.5) is 0 Å². The van der Waals surface area contributed by atoms with E-state index in [-0.39, 0.29) is 18.6 Å². The number of carboxylic acids is 1. The number of nitrogens with zero attached hydrogens (tertiary/aromatic N) is 1. The Balaban J connectivity index is 2.26. The topological polar surface area (TPSA) is 85.7 Å². The van der Waals surface area contributed by atoms with Gasteiger partial charge in [-0.2, -0.15) is 0 Å². The zero-order valence-electron chi connectivity index (χ0n) is 12.7. The fraction of sp³-hybridized carbons (Fsp3) is 0.312. The molecule has 0 fully saturated rings. The molecule has 122 valence electrons. The molecule has 7 heteroatoms. The van der Waals surface area contributed by atoms with E-state index in [1.54, 1.807) is 38.2 Å². The molecule has 0 atom stereocenters. The average Bonchev–Trinajstić information content (AvgIpc) is 2.56. The van der Waals surface area contributed by atoms with Gasteiger partial charge in [-0.3, -0.25) is 14.7 Å². The van der Waals surface area contributed by atoms with Gasteiger partial charge in [0, 0.05) is 11.6 Å². The van der Waals surface area contributed by atoms with Gasteiger partial charge in [0.2, 0.25) is 5.75 Å². The summed E-state index contributed by atoms with van der Waals surface area (Å²) in [5.41, 5.74) is -1.21. The number of hydrogen-bond donors (Lipinski definition) is 1. The molecule has 0 saturated carbocycles. The summed E-state index contributed by atoms with van der Waals surface area (Å²) in [5.74, 6) is -2.01. The van der Waals surface area contributed by atoms with Crippen molar-refractivity contribution in [2.75, 3.05) is 0 Å². The molecule has 0 spiro atoms. The van der Waals surface area contributed by atoms with Gasteiger partial charge in [-0.05, 0) is 37.1 Å². The van der Waals surface area contributed by atoms with Crippen LogP contribution in [0.15, 0.2) is 30.5 Å².